The number of hydrogen-bond acceptors (Lipinski definition) is 4. The summed E-state index contributed by atoms with van der Waals surface area (Å²) in [7, 11) is 0. The summed E-state index contributed by atoms with van der Waals surface area (Å²) >= 11 is 0. The first kappa shape index (κ1) is 17.3. The second kappa shape index (κ2) is 7.22. The van der Waals surface area contributed by atoms with E-state index in [9.17, 15) is 5.11 Å². The largest absolute Gasteiger partial charge is 0.490 e. The normalized spacial score (nSPS) is 27.6. The summed E-state index contributed by atoms with van der Waals surface area (Å²) < 4.78 is 5.68. The Morgan fingerprint density at radius 1 is 1.42 bits per heavy atom. The zero-order chi connectivity index (χ0) is 18.1. The number of aromatic nitrogens is 1. The lowest BCUT2D eigenvalue weighted by Crippen LogP contribution is -2.52. The highest BCUT2D eigenvalue weighted by Gasteiger charge is 2.40. The van der Waals surface area contributed by atoms with Gasteiger partial charge in [-0.15, -0.1) is 0 Å². The molecule has 0 radical (unpaired) electrons. The van der Waals surface area contributed by atoms with Crippen molar-refractivity contribution in [3.05, 3.63) is 60.3 Å². The van der Waals surface area contributed by atoms with Crippen molar-refractivity contribution < 1.29 is 9.84 Å². The minimum atomic E-state index is -0.517. The SMILES string of the molecule is C=CCOc1ccc2nccc([C@@H](O)[C@@H]3C[C@@H]4CCN3CC4=CC)c2c1. The van der Waals surface area contributed by atoms with Gasteiger partial charge in [-0.1, -0.05) is 24.3 Å². The van der Waals surface area contributed by atoms with Gasteiger partial charge in [-0.2, -0.15) is 0 Å². The number of allylic oxidation sites excluding steroid dienone is 1. The molecule has 3 aliphatic heterocycles. The van der Waals surface area contributed by atoms with Gasteiger partial charge >= 0.3 is 0 Å². The molecule has 0 spiro atoms. The molecule has 1 N–H and O–H groups in total. The Morgan fingerprint density at radius 2 is 2.31 bits per heavy atom. The van der Waals surface area contributed by atoms with Crippen LogP contribution in [0, 0.1) is 5.92 Å². The number of ether oxygens (including phenoxy) is 1. The molecule has 2 bridgehead atoms. The summed E-state index contributed by atoms with van der Waals surface area (Å²) in [5.41, 5.74) is 3.36. The molecule has 4 heterocycles. The minimum absolute atomic E-state index is 0.167. The molecule has 3 aliphatic rings. The van der Waals surface area contributed by atoms with Gasteiger partial charge in [0, 0.05) is 24.2 Å². The number of pyridine rings is 1. The molecule has 2 aromatic rings. The Bertz CT molecular complexity index is 845. The number of benzene rings is 1. The second-order valence-electron chi connectivity index (χ2n) is 7.25. The topological polar surface area (TPSA) is 45.6 Å². The first-order chi connectivity index (χ1) is 12.7. The first-order valence-corrected chi connectivity index (χ1v) is 9.41. The van der Waals surface area contributed by atoms with Crippen LogP contribution >= 0.6 is 0 Å². The molecule has 136 valence electrons. The van der Waals surface area contributed by atoms with Crippen LogP contribution in [0.5, 0.6) is 5.75 Å². The smallest absolute Gasteiger partial charge is 0.120 e. The number of fused-ring (bicyclic) bond motifs is 4. The number of aliphatic hydroxyl groups is 1. The molecule has 3 saturated heterocycles. The van der Waals surface area contributed by atoms with Crippen molar-refractivity contribution in [3.63, 3.8) is 0 Å². The fourth-order valence-electron chi connectivity index (χ4n) is 4.45. The van der Waals surface area contributed by atoms with E-state index in [1.54, 1.807) is 12.3 Å². The highest BCUT2D eigenvalue weighted by Crippen LogP contribution is 2.41. The molecular formula is C22H26N2O2. The van der Waals surface area contributed by atoms with Crippen LogP contribution in [0.2, 0.25) is 0 Å². The van der Waals surface area contributed by atoms with E-state index in [2.05, 4.69) is 29.5 Å². The molecule has 0 amide bonds. The van der Waals surface area contributed by atoms with Crippen molar-refractivity contribution in [2.24, 2.45) is 5.92 Å². The van der Waals surface area contributed by atoms with Gasteiger partial charge in [-0.25, -0.2) is 0 Å². The van der Waals surface area contributed by atoms with Crippen molar-refractivity contribution in [1.82, 2.24) is 9.88 Å². The summed E-state index contributed by atoms with van der Waals surface area (Å²) in [5, 5.41) is 12.2. The standard InChI is InChI=1S/C22H26N2O2/c1-3-11-26-17-5-6-20-19(13-17)18(7-9-23-20)22(25)21-12-16-8-10-24(21)14-15(16)4-2/h3-7,9,13,16,21-22,25H,1,8,10-12,14H2,2H3/t16-,21-,22+/m0/s1. The molecule has 1 unspecified atom stereocenters. The maximum atomic E-state index is 11.2. The Balaban J connectivity index is 1.66. The van der Waals surface area contributed by atoms with Crippen molar-refractivity contribution in [2.45, 2.75) is 31.9 Å². The summed E-state index contributed by atoms with van der Waals surface area (Å²) in [6, 6.07) is 7.97. The van der Waals surface area contributed by atoms with Gasteiger partial charge in [0.2, 0.25) is 0 Å². The van der Waals surface area contributed by atoms with Crippen LogP contribution in [0.25, 0.3) is 10.9 Å². The molecule has 0 saturated carbocycles. The Labute approximate surface area is 154 Å². The number of rotatable bonds is 5. The fourth-order valence-corrected chi connectivity index (χ4v) is 4.45. The molecule has 0 aliphatic carbocycles. The molecule has 4 atom stereocenters. The predicted octanol–water partition coefficient (Wildman–Crippen LogP) is 3.87. The average molecular weight is 350 g/mol. The van der Waals surface area contributed by atoms with E-state index in [0.717, 1.165) is 41.7 Å². The van der Waals surface area contributed by atoms with Gasteiger partial charge in [0.15, 0.2) is 0 Å². The van der Waals surface area contributed by atoms with Gasteiger partial charge in [-0.05, 0) is 62.1 Å². The number of nitrogens with zero attached hydrogens (tertiary/aromatic N) is 2. The average Bonchev–Trinajstić information content (AvgIpc) is 2.71. The molecule has 3 fully saturated rings. The van der Waals surface area contributed by atoms with Gasteiger partial charge in [0.1, 0.15) is 12.4 Å². The van der Waals surface area contributed by atoms with E-state index in [4.69, 9.17) is 4.74 Å². The van der Waals surface area contributed by atoms with E-state index in [0.29, 0.717) is 12.5 Å². The maximum absolute atomic E-state index is 11.2. The Morgan fingerprint density at radius 3 is 3.04 bits per heavy atom. The van der Waals surface area contributed by atoms with E-state index in [-0.39, 0.29) is 6.04 Å². The van der Waals surface area contributed by atoms with Crippen molar-refractivity contribution in [3.8, 4) is 5.75 Å². The van der Waals surface area contributed by atoms with Crippen LogP contribution in [0.4, 0.5) is 0 Å². The number of aliphatic hydroxyl groups excluding tert-OH is 1. The van der Waals surface area contributed by atoms with Crippen LogP contribution in [0.1, 0.15) is 31.4 Å². The molecule has 4 nitrogen and oxygen atoms in total. The highest BCUT2D eigenvalue weighted by molar-refractivity contribution is 5.84. The zero-order valence-corrected chi connectivity index (χ0v) is 15.3. The lowest BCUT2D eigenvalue weighted by molar-refractivity contribution is -0.00340. The lowest BCUT2D eigenvalue weighted by Gasteiger charge is -2.48. The fraction of sp³-hybridized carbons (Fsp3) is 0.409. The van der Waals surface area contributed by atoms with E-state index in [1.165, 1.54) is 12.0 Å². The van der Waals surface area contributed by atoms with E-state index < -0.39 is 6.10 Å². The maximum Gasteiger partial charge on any atom is 0.120 e. The van der Waals surface area contributed by atoms with Gasteiger partial charge in [0.05, 0.1) is 11.6 Å². The molecule has 5 rings (SSSR count). The van der Waals surface area contributed by atoms with Gasteiger partial charge in [0.25, 0.3) is 0 Å². The monoisotopic (exact) mass is 350 g/mol. The lowest BCUT2D eigenvalue weighted by atomic mass is 9.76. The quantitative estimate of drug-likeness (QED) is 0.832. The van der Waals surface area contributed by atoms with Crippen molar-refractivity contribution in [2.75, 3.05) is 19.7 Å². The highest BCUT2D eigenvalue weighted by atomic mass is 16.5. The zero-order valence-electron chi connectivity index (χ0n) is 15.3. The molecule has 26 heavy (non-hydrogen) atoms. The summed E-state index contributed by atoms with van der Waals surface area (Å²) in [4.78, 5) is 6.89. The van der Waals surface area contributed by atoms with Crippen LogP contribution in [-0.2, 0) is 0 Å². The first-order valence-electron chi connectivity index (χ1n) is 9.41. The minimum Gasteiger partial charge on any atom is -0.490 e. The van der Waals surface area contributed by atoms with Crippen LogP contribution in [-0.4, -0.2) is 40.7 Å². The third-order valence-corrected chi connectivity index (χ3v) is 5.84. The van der Waals surface area contributed by atoms with Gasteiger partial charge in [-0.3, -0.25) is 9.88 Å². The van der Waals surface area contributed by atoms with E-state index >= 15 is 0 Å². The summed E-state index contributed by atoms with van der Waals surface area (Å²) in [6.07, 6.45) is 7.49. The van der Waals surface area contributed by atoms with Gasteiger partial charge < -0.3 is 9.84 Å². The Hall–Kier alpha value is -2.17. The summed E-state index contributed by atoms with van der Waals surface area (Å²) in [6.45, 7) is 8.34. The van der Waals surface area contributed by atoms with Crippen molar-refractivity contribution >= 4 is 10.9 Å². The number of piperidine rings is 3. The molecule has 4 heteroatoms. The molecule has 1 aromatic carbocycles. The molecule has 1 aromatic heterocycles. The third-order valence-electron chi connectivity index (χ3n) is 5.84. The molecular weight excluding hydrogens is 324 g/mol. The predicted molar refractivity (Wildman–Crippen MR) is 104 cm³/mol. The van der Waals surface area contributed by atoms with Crippen LogP contribution in [0.15, 0.2) is 54.8 Å². The summed E-state index contributed by atoms with van der Waals surface area (Å²) in [5.74, 6) is 1.39. The third kappa shape index (κ3) is 3.04. The van der Waals surface area contributed by atoms with Crippen LogP contribution in [0.3, 0.4) is 0 Å². The van der Waals surface area contributed by atoms with Crippen LogP contribution < -0.4 is 4.74 Å². The second-order valence-corrected chi connectivity index (χ2v) is 7.25. The Kier molecular flexibility index (Phi) is 4.79. The van der Waals surface area contributed by atoms with Crippen molar-refractivity contribution in [1.29, 1.82) is 0 Å². The number of hydrogen-bond donors (Lipinski definition) is 1. The van der Waals surface area contributed by atoms with E-state index in [1.807, 2.05) is 24.3 Å².